The molecule has 0 aliphatic carbocycles. The summed E-state index contributed by atoms with van der Waals surface area (Å²) in [5.41, 5.74) is 3.30. The maximum Gasteiger partial charge on any atom is 0.227 e. The van der Waals surface area contributed by atoms with E-state index in [1.807, 2.05) is 0 Å². The summed E-state index contributed by atoms with van der Waals surface area (Å²) in [5.74, 6) is 3.87. The van der Waals surface area contributed by atoms with E-state index in [1.165, 1.54) is 0 Å². The normalized spacial score (nSPS) is 26.3. The Morgan fingerprint density at radius 3 is 2.29 bits per heavy atom. The van der Waals surface area contributed by atoms with Crippen LogP contribution in [0.1, 0.15) is 13.8 Å². The summed E-state index contributed by atoms with van der Waals surface area (Å²) in [6, 6.07) is 0.106. The summed E-state index contributed by atoms with van der Waals surface area (Å²) in [7, 11) is -1.30. The maximum absolute atomic E-state index is 11.2. The van der Waals surface area contributed by atoms with Gasteiger partial charge in [0.05, 0.1) is 5.92 Å². The zero-order valence-corrected chi connectivity index (χ0v) is 10.6. The molecule has 2 nitrogen and oxygen atoms in total. The summed E-state index contributed by atoms with van der Waals surface area (Å²) in [4.78, 5) is 11.2. The van der Waals surface area contributed by atoms with Gasteiger partial charge in [-0.2, -0.15) is 0 Å². The molecule has 1 amide bonds. The van der Waals surface area contributed by atoms with Crippen LogP contribution in [0, 0.1) is 23.3 Å². The Kier molecular flexibility index (Phi) is 3.06. The van der Waals surface area contributed by atoms with Crippen molar-refractivity contribution in [3.05, 3.63) is 0 Å². The largest absolute Gasteiger partial charge is 0.341 e. The lowest BCUT2D eigenvalue weighted by Crippen LogP contribution is -2.59. The highest BCUT2D eigenvalue weighted by Crippen LogP contribution is 2.23. The topological polar surface area (TPSA) is 29.1 Å². The highest BCUT2D eigenvalue weighted by molar-refractivity contribution is 6.83. The van der Waals surface area contributed by atoms with Gasteiger partial charge in [0.2, 0.25) is 5.91 Å². The van der Waals surface area contributed by atoms with Gasteiger partial charge in [-0.15, -0.1) is 5.54 Å². The minimum absolute atomic E-state index is 0.106. The van der Waals surface area contributed by atoms with E-state index in [0.717, 1.165) is 0 Å². The van der Waals surface area contributed by atoms with Crippen LogP contribution in [0.25, 0.3) is 0 Å². The van der Waals surface area contributed by atoms with Gasteiger partial charge in [-0.05, 0) is 5.92 Å². The molecular weight excluding hydrogens is 190 g/mol. The zero-order chi connectivity index (χ0) is 10.9. The lowest BCUT2D eigenvalue weighted by Gasteiger charge is -2.36. The van der Waals surface area contributed by atoms with Gasteiger partial charge in [-0.3, -0.25) is 4.79 Å². The van der Waals surface area contributed by atoms with Crippen LogP contribution in [0.3, 0.4) is 0 Å². The Balaban J connectivity index is 2.63. The fourth-order valence-electron chi connectivity index (χ4n) is 1.50. The third-order valence-corrected chi connectivity index (χ3v) is 3.17. The number of hydrogen-bond acceptors (Lipinski definition) is 1. The second-order valence-electron chi connectivity index (χ2n) is 5.28. The fraction of sp³-hybridized carbons (Fsp3) is 0.727. The van der Waals surface area contributed by atoms with Gasteiger partial charge >= 0.3 is 0 Å². The van der Waals surface area contributed by atoms with E-state index in [0.29, 0.717) is 5.92 Å². The van der Waals surface area contributed by atoms with Crippen LogP contribution in [0.4, 0.5) is 0 Å². The Bertz CT molecular complexity index is 293. The van der Waals surface area contributed by atoms with Gasteiger partial charge in [-0.25, -0.2) is 0 Å². The minimum Gasteiger partial charge on any atom is -0.341 e. The third-order valence-electron chi connectivity index (χ3n) is 2.28. The molecule has 1 fully saturated rings. The van der Waals surface area contributed by atoms with E-state index in [4.69, 9.17) is 0 Å². The van der Waals surface area contributed by atoms with Crippen molar-refractivity contribution in [2.75, 3.05) is 0 Å². The Morgan fingerprint density at radius 1 is 1.36 bits per heavy atom. The molecule has 0 saturated carbocycles. The van der Waals surface area contributed by atoms with Gasteiger partial charge < -0.3 is 5.32 Å². The van der Waals surface area contributed by atoms with Crippen molar-refractivity contribution >= 4 is 14.0 Å². The monoisotopic (exact) mass is 209 g/mol. The Morgan fingerprint density at radius 2 is 1.93 bits per heavy atom. The molecule has 0 aromatic carbocycles. The molecule has 14 heavy (non-hydrogen) atoms. The van der Waals surface area contributed by atoms with Crippen molar-refractivity contribution in [1.82, 2.24) is 5.32 Å². The molecule has 0 aromatic heterocycles. The van der Waals surface area contributed by atoms with Crippen LogP contribution in [0.5, 0.6) is 0 Å². The van der Waals surface area contributed by atoms with E-state index in [2.05, 4.69) is 50.3 Å². The summed E-state index contributed by atoms with van der Waals surface area (Å²) >= 11 is 0. The average Bonchev–Trinajstić information content (AvgIpc) is 1.93. The molecule has 0 spiro atoms. The molecular formula is C11H19NOSi. The highest BCUT2D eigenvalue weighted by atomic mass is 28.3. The number of β-lactam (4-membered cyclic amide) rings is 1. The van der Waals surface area contributed by atoms with Crippen LogP contribution in [-0.2, 0) is 4.79 Å². The van der Waals surface area contributed by atoms with E-state index < -0.39 is 8.07 Å². The van der Waals surface area contributed by atoms with E-state index >= 15 is 0 Å². The Hall–Kier alpha value is -0.753. The summed E-state index contributed by atoms with van der Waals surface area (Å²) in [6.45, 7) is 10.8. The van der Waals surface area contributed by atoms with Crippen molar-refractivity contribution in [3.63, 3.8) is 0 Å². The van der Waals surface area contributed by atoms with Gasteiger partial charge in [-0.1, -0.05) is 39.4 Å². The standard InChI is InChI=1S/C11H19NOSi/c1-8(2)10-9(12-11(10)13)6-7-14(3,4)5/h8-10H,1-5H3,(H,12,13). The van der Waals surface area contributed by atoms with Gasteiger partial charge in [0.25, 0.3) is 0 Å². The van der Waals surface area contributed by atoms with Crippen molar-refractivity contribution in [2.24, 2.45) is 11.8 Å². The van der Waals surface area contributed by atoms with E-state index in [1.54, 1.807) is 0 Å². The molecule has 1 saturated heterocycles. The maximum atomic E-state index is 11.2. The molecule has 3 heteroatoms. The molecule has 0 bridgehead atoms. The van der Waals surface area contributed by atoms with Crippen LogP contribution >= 0.6 is 0 Å². The van der Waals surface area contributed by atoms with Crippen LogP contribution in [-0.4, -0.2) is 20.0 Å². The van der Waals surface area contributed by atoms with Crippen molar-refractivity contribution in [3.8, 4) is 11.5 Å². The van der Waals surface area contributed by atoms with Gasteiger partial charge in [0.1, 0.15) is 14.1 Å². The molecule has 0 radical (unpaired) electrons. The average molecular weight is 209 g/mol. The molecule has 1 aliphatic heterocycles. The van der Waals surface area contributed by atoms with E-state index in [-0.39, 0.29) is 17.9 Å². The second kappa shape index (κ2) is 3.78. The first kappa shape index (κ1) is 11.3. The predicted molar refractivity (Wildman–Crippen MR) is 61.4 cm³/mol. The lowest BCUT2D eigenvalue weighted by molar-refractivity contribution is -0.135. The molecule has 2 unspecified atom stereocenters. The van der Waals surface area contributed by atoms with Crippen LogP contribution < -0.4 is 5.32 Å². The summed E-state index contributed by atoms with van der Waals surface area (Å²) < 4.78 is 0. The van der Waals surface area contributed by atoms with Crippen molar-refractivity contribution in [2.45, 2.75) is 39.5 Å². The first-order valence-electron chi connectivity index (χ1n) is 5.14. The number of hydrogen-bond donors (Lipinski definition) is 1. The summed E-state index contributed by atoms with van der Waals surface area (Å²) in [6.07, 6.45) is 0. The number of rotatable bonds is 1. The number of amides is 1. The molecule has 1 rings (SSSR count). The molecule has 1 aliphatic rings. The third kappa shape index (κ3) is 2.62. The zero-order valence-electron chi connectivity index (χ0n) is 9.64. The lowest BCUT2D eigenvalue weighted by atomic mass is 9.82. The number of nitrogens with one attached hydrogen (secondary N) is 1. The first-order chi connectivity index (χ1) is 6.31. The highest BCUT2D eigenvalue weighted by Gasteiger charge is 2.40. The summed E-state index contributed by atoms with van der Waals surface area (Å²) in [5, 5.41) is 2.86. The SMILES string of the molecule is CC(C)C1C(=O)NC1C#C[Si](C)(C)C. The van der Waals surface area contributed by atoms with Crippen molar-refractivity contribution in [1.29, 1.82) is 0 Å². The smallest absolute Gasteiger partial charge is 0.227 e. The number of carbonyl (C=O) groups is 1. The molecule has 0 aromatic rings. The first-order valence-corrected chi connectivity index (χ1v) is 8.64. The molecule has 2 atom stereocenters. The fourth-order valence-corrected chi connectivity index (χ4v) is 2.09. The predicted octanol–water partition coefficient (Wildman–Crippen LogP) is 1.64. The van der Waals surface area contributed by atoms with Crippen molar-refractivity contribution < 1.29 is 4.79 Å². The van der Waals surface area contributed by atoms with E-state index in [9.17, 15) is 4.79 Å². The second-order valence-corrected chi connectivity index (χ2v) is 10.0. The minimum atomic E-state index is -1.30. The van der Waals surface area contributed by atoms with Gasteiger partial charge in [0.15, 0.2) is 0 Å². The van der Waals surface area contributed by atoms with Gasteiger partial charge in [0, 0.05) is 0 Å². The molecule has 78 valence electrons. The van der Waals surface area contributed by atoms with Crippen LogP contribution in [0.2, 0.25) is 19.6 Å². The molecule has 1 heterocycles. The Labute approximate surface area is 87.5 Å². The van der Waals surface area contributed by atoms with Crippen LogP contribution in [0.15, 0.2) is 0 Å². The number of carbonyl (C=O) groups excluding carboxylic acids is 1. The molecule has 1 N–H and O–H groups in total. The quantitative estimate of drug-likeness (QED) is 0.397.